The molecule has 5 heterocycles. The number of imidazole rings is 1. The molecular formula is C25H19FN8. The molecule has 0 fully saturated rings. The van der Waals surface area contributed by atoms with Crippen LogP contribution in [0, 0.1) is 5.82 Å². The largest absolute Gasteiger partial charge is 0.376 e. The number of nitrogens with one attached hydrogen (secondary N) is 2. The first-order chi connectivity index (χ1) is 16.6. The highest BCUT2D eigenvalue weighted by molar-refractivity contribution is 5.96. The number of H-pyrrole nitrogens is 2. The van der Waals surface area contributed by atoms with Gasteiger partial charge in [-0.15, -0.1) is 0 Å². The molecule has 0 spiro atoms. The van der Waals surface area contributed by atoms with Gasteiger partial charge in [0.2, 0.25) is 0 Å². The van der Waals surface area contributed by atoms with Crippen molar-refractivity contribution in [2.24, 2.45) is 0 Å². The molecule has 0 aliphatic rings. The smallest absolute Gasteiger partial charge is 0.161 e. The summed E-state index contributed by atoms with van der Waals surface area (Å²) in [5.41, 5.74) is 6.91. The van der Waals surface area contributed by atoms with Crippen LogP contribution in [0.25, 0.3) is 56.0 Å². The quantitative estimate of drug-likeness (QED) is 0.399. The number of anilines is 1. The Morgan fingerprint density at radius 2 is 1.76 bits per heavy atom. The van der Waals surface area contributed by atoms with E-state index in [1.165, 1.54) is 12.1 Å². The van der Waals surface area contributed by atoms with Gasteiger partial charge in [-0.25, -0.2) is 19.3 Å². The van der Waals surface area contributed by atoms with Gasteiger partial charge >= 0.3 is 0 Å². The van der Waals surface area contributed by atoms with Gasteiger partial charge in [0.05, 0.1) is 17.3 Å². The van der Waals surface area contributed by atoms with Gasteiger partial charge in [0, 0.05) is 49.4 Å². The molecule has 2 N–H and O–H groups in total. The van der Waals surface area contributed by atoms with Crippen LogP contribution >= 0.6 is 0 Å². The summed E-state index contributed by atoms with van der Waals surface area (Å²) >= 11 is 0. The van der Waals surface area contributed by atoms with Crippen molar-refractivity contribution in [3.05, 3.63) is 73.1 Å². The van der Waals surface area contributed by atoms with Crippen LogP contribution in [0.15, 0.2) is 67.3 Å². The Morgan fingerprint density at radius 3 is 2.62 bits per heavy atom. The van der Waals surface area contributed by atoms with E-state index in [9.17, 15) is 4.39 Å². The lowest BCUT2D eigenvalue weighted by Gasteiger charge is -2.12. The minimum atomic E-state index is -0.303. The number of fused-ring (bicyclic) bond motifs is 2. The van der Waals surface area contributed by atoms with E-state index in [1.54, 1.807) is 18.5 Å². The predicted molar refractivity (Wildman–Crippen MR) is 130 cm³/mol. The maximum atomic E-state index is 13.8. The second kappa shape index (κ2) is 7.73. The second-order valence-corrected chi connectivity index (χ2v) is 8.17. The first-order valence-corrected chi connectivity index (χ1v) is 10.6. The monoisotopic (exact) mass is 450 g/mol. The number of aromatic amines is 2. The lowest BCUT2D eigenvalue weighted by atomic mass is 10.1. The van der Waals surface area contributed by atoms with Crippen molar-refractivity contribution in [2.75, 3.05) is 19.0 Å². The van der Waals surface area contributed by atoms with Gasteiger partial charge in [-0.1, -0.05) is 12.1 Å². The molecule has 0 saturated heterocycles. The number of pyridine rings is 3. The van der Waals surface area contributed by atoms with Gasteiger partial charge in [-0.2, -0.15) is 5.10 Å². The van der Waals surface area contributed by atoms with Crippen LogP contribution in [0.1, 0.15) is 0 Å². The molecule has 0 unspecified atom stereocenters. The van der Waals surface area contributed by atoms with Crippen LogP contribution in [0.3, 0.4) is 0 Å². The van der Waals surface area contributed by atoms with Crippen molar-refractivity contribution in [1.29, 1.82) is 0 Å². The molecule has 6 rings (SSSR count). The van der Waals surface area contributed by atoms with Crippen molar-refractivity contribution in [1.82, 2.24) is 35.1 Å². The normalized spacial score (nSPS) is 11.4. The molecule has 0 atom stereocenters. The van der Waals surface area contributed by atoms with Crippen LogP contribution in [-0.2, 0) is 0 Å². The van der Waals surface area contributed by atoms with E-state index in [4.69, 9.17) is 4.98 Å². The van der Waals surface area contributed by atoms with Crippen LogP contribution < -0.4 is 4.90 Å². The summed E-state index contributed by atoms with van der Waals surface area (Å²) in [6.45, 7) is 0. The SMILES string of the molecule is CN(C)c1cncc(-c2cnc3[nH]nc(-c4nc5c(-c6cccc(F)c6)ccnc5[nH]4)c3c2)c1. The lowest BCUT2D eigenvalue weighted by molar-refractivity contribution is 0.628. The van der Waals surface area contributed by atoms with Crippen LogP contribution in [0.5, 0.6) is 0 Å². The van der Waals surface area contributed by atoms with E-state index in [0.29, 0.717) is 28.3 Å². The standard InChI is InChI=1S/C25H19FN8/c1-34(2)18-9-15(11-27-13-18)16-10-20-22(32-33-23(20)29-12-16)25-30-21-19(6-7-28-24(21)31-25)14-4-3-5-17(26)8-14/h3-13H,1-2H3,(H,28,30,31)(H,29,32,33). The van der Waals surface area contributed by atoms with Gasteiger partial charge in [-0.05, 0) is 35.9 Å². The molecule has 8 nitrogen and oxygen atoms in total. The van der Waals surface area contributed by atoms with E-state index >= 15 is 0 Å². The maximum absolute atomic E-state index is 13.8. The number of hydrogen-bond donors (Lipinski definition) is 2. The average molecular weight is 450 g/mol. The summed E-state index contributed by atoms with van der Waals surface area (Å²) in [6, 6.07) is 12.3. The van der Waals surface area contributed by atoms with E-state index in [0.717, 1.165) is 33.3 Å². The third-order valence-corrected chi connectivity index (χ3v) is 5.73. The number of aromatic nitrogens is 7. The Hall–Kier alpha value is -4.66. The van der Waals surface area contributed by atoms with Crippen molar-refractivity contribution < 1.29 is 4.39 Å². The number of benzene rings is 1. The third-order valence-electron chi connectivity index (χ3n) is 5.73. The molecule has 5 aromatic heterocycles. The minimum absolute atomic E-state index is 0.303. The van der Waals surface area contributed by atoms with Crippen molar-refractivity contribution in [2.45, 2.75) is 0 Å². The lowest BCUT2D eigenvalue weighted by Crippen LogP contribution is -2.08. The van der Waals surface area contributed by atoms with Gasteiger partial charge in [0.15, 0.2) is 17.1 Å². The number of halogens is 1. The highest BCUT2D eigenvalue weighted by Gasteiger charge is 2.17. The molecule has 0 aliphatic heterocycles. The Kier molecular flexibility index (Phi) is 4.54. The maximum Gasteiger partial charge on any atom is 0.161 e. The summed E-state index contributed by atoms with van der Waals surface area (Å²) in [6.07, 6.45) is 7.10. The minimum Gasteiger partial charge on any atom is -0.376 e. The summed E-state index contributed by atoms with van der Waals surface area (Å²) in [5, 5.41) is 8.26. The van der Waals surface area contributed by atoms with Crippen molar-refractivity contribution in [3.8, 4) is 33.8 Å². The fourth-order valence-electron chi connectivity index (χ4n) is 3.98. The van der Waals surface area contributed by atoms with Crippen LogP contribution in [-0.4, -0.2) is 49.2 Å². The molecule has 0 amide bonds. The molecule has 0 aliphatic carbocycles. The van der Waals surface area contributed by atoms with Crippen LogP contribution in [0.4, 0.5) is 10.1 Å². The summed E-state index contributed by atoms with van der Waals surface area (Å²) in [4.78, 5) is 23.4. The zero-order valence-electron chi connectivity index (χ0n) is 18.4. The van der Waals surface area contributed by atoms with E-state index in [2.05, 4.69) is 36.2 Å². The first kappa shape index (κ1) is 20.0. The van der Waals surface area contributed by atoms with E-state index in [-0.39, 0.29) is 5.82 Å². The van der Waals surface area contributed by atoms with Gasteiger partial charge in [0.1, 0.15) is 17.0 Å². The van der Waals surface area contributed by atoms with Gasteiger partial charge < -0.3 is 9.88 Å². The summed E-state index contributed by atoms with van der Waals surface area (Å²) in [7, 11) is 3.95. The Morgan fingerprint density at radius 1 is 0.882 bits per heavy atom. The fourth-order valence-corrected chi connectivity index (χ4v) is 3.98. The molecular weight excluding hydrogens is 431 g/mol. The zero-order valence-corrected chi connectivity index (χ0v) is 18.4. The molecule has 0 radical (unpaired) electrons. The van der Waals surface area contributed by atoms with Gasteiger partial charge in [-0.3, -0.25) is 10.1 Å². The molecule has 1 aromatic carbocycles. The second-order valence-electron chi connectivity index (χ2n) is 8.17. The van der Waals surface area contributed by atoms with Crippen molar-refractivity contribution >= 4 is 27.9 Å². The Labute approximate surface area is 193 Å². The molecule has 9 heteroatoms. The fraction of sp³-hybridized carbons (Fsp3) is 0.0800. The molecule has 34 heavy (non-hydrogen) atoms. The molecule has 0 saturated carbocycles. The summed E-state index contributed by atoms with van der Waals surface area (Å²) < 4.78 is 13.8. The third kappa shape index (κ3) is 3.34. The van der Waals surface area contributed by atoms with E-state index in [1.807, 2.05) is 49.6 Å². The van der Waals surface area contributed by atoms with Gasteiger partial charge in [0.25, 0.3) is 0 Å². The Bertz CT molecular complexity index is 1670. The summed E-state index contributed by atoms with van der Waals surface area (Å²) in [5.74, 6) is 0.250. The Balaban J connectivity index is 1.48. The highest BCUT2D eigenvalue weighted by atomic mass is 19.1. The number of nitrogens with zero attached hydrogens (tertiary/aromatic N) is 6. The topological polar surface area (TPSA) is 99.3 Å². The van der Waals surface area contributed by atoms with Crippen LogP contribution in [0.2, 0.25) is 0 Å². The predicted octanol–water partition coefficient (Wildman–Crippen LogP) is 4.83. The highest BCUT2D eigenvalue weighted by Crippen LogP contribution is 2.32. The van der Waals surface area contributed by atoms with E-state index < -0.39 is 0 Å². The molecule has 6 aromatic rings. The zero-order chi connectivity index (χ0) is 23.2. The molecule has 0 bridgehead atoms. The number of hydrogen-bond acceptors (Lipinski definition) is 6. The number of rotatable bonds is 4. The average Bonchev–Trinajstić information content (AvgIpc) is 3.47. The molecule has 166 valence electrons. The first-order valence-electron chi connectivity index (χ1n) is 10.6. The van der Waals surface area contributed by atoms with Crippen molar-refractivity contribution in [3.63, 3.8) is 0 Å².